The Balaban J connectivity index is 1.72. The fourth-order valence-corrected chi connectivity index (χ4v) is 3.51. The summed E-state index contributed by atoms with van der Waals surface area (Å²) in [6, 6.07) is 14.9. The summed E-state index contributed by atoms with van der Waals surface area (Å²) in [5.41, 5.74) is 1.82. The van der Waals surface area contributed by atoms with Gasteiger partial charge in [0.15, 0.2) is 15.7 Å². The Bertz CT molecular complexity index is 1000. The van der Waals surface area contributed by atoms with Crippen LogP contribution in [0.15, 0.2) is 53.4 Å². The predicted molar refractivity (Wildman–Crippen MR) is 95.3 cm³/mol. The van der Waals surface area contributed by atoms with Crippen molar-refractivity contribution in [2.24, 2.45) is 5.92 Å². The Morgan fingerprint density at radius 2 is 1.96 bits per heavy atom. The molecule has 4 rings (SSSR count). The Hall–Kier alpha value is -2.34. The molecular weight excluding hydrogens is 322 g/mol. The van der Waals surface area contributed by atoms with Crippen molar-refractivity contribution in [2.75, 3.05) is 11.6 Å². The highest BCUT2D eigenvalue weighted by Crippen LogP contribution is 2.33. The van der Waals surface area contributed by atoms with Gasteiger partial charge in [0.2, 0.25) is 0 Å². The number of sulfone groups is 1. The van der Waals surface area contributed by atoms with Crippen LogP contribution in [-0.4, -0.2) is 24.5 Å². The van der Waals surface area contributed by atoms with E-state index in [-0.39, 0.29) is 0 Å². The highest BCUT2D eigenvalue weighted by Gasteiger charge is 2.23. The summed E-state index contributed by atoms with van der Waals surface area (Å²) in [6.07, 6.45) is 3.76. The molecule has 2 aromatic carbocycles. The van der Waals surface area contributed by atoms with Crippen molar-refractivity contribution < 1.29 is 8.42 Å². The summed E-state index contributed by atoms with van der Waals surface area (Å²) in [5, 5.41) is 9.03. The lowest BCUT2D eigenvalue weighted by molar-refractivity contribution is 0.582. The SMILES string of the molecule is CS(=O)(=O)c1cccc(Nc2nn(CC3CC3)c3ccccc23)c1. The molecule has 0 unspecified atom stereocenters. The molecule has 1 aromatic heterocycles. The number of hydrogen-bond donors (Lipinski definition) is 1. The average molecular weight is 341 g/mol. The molecule has 1 aliphatic rings. The van der Waals surface area contributed by atoms with E-state index in [2.05, 4.69) is 16.1 Å². The van der Waals surface area contributed by atoms with Gasteiger partial charge in [-0.25, -0.2) is 8.42 Å². The molecule has 0 radical (unpaired) electrons. The molecule has 1 heterocycles. The third-order valence-electron chi connectivity index (χ3n) is 4.31. The lowest BCUT2D eigenvalue weighted by atomic mass is 10.2. The molecule has 0 amide bonds. The van der Waals surface area contributed by atoms with E-state index < -0.39 is 9.84 Å². The number of rotatable bonds is 5. The van der Waals surface area contributed by atoms with Crippen LogP contribution in [0, 0.1) is 5.92 Å². The third-order valence-corrected chi connectivity index (χ3v) is 5.42. The van der Waals surface area contributed by atoms with E-state index in [0.717, 1.165) is 34.9 Å². The maximum atomic E-state index is 11.7. The van der Waals surface area contributed by atoms with E-state index in [1.165, 1.54) is 19.1 Å². The molecule has 1 fully saturated rings. The number of aromatic nitrogens is 2. The lowest BCUT2D eigenvalue weighted by Gasteiger charge is -2.05. The fourth-order valence-electron chi connectivity index (χ4n) is 2.85. The fraction of sp³-hybridized carbons (Fsp3) is 0.278. The van der Waals surface area contributed by atoms with Gasteiger partial charge in [0, 0.05) is 23.9 Å². The molecule has 124 valence electrons. The second-order valence-corrected chi connectivity index (χ2v) is 8.43. The van der Waals surface area contributed by atoms with Crippen LogP contribution in [0.4, 0.5) is 11.5 Å². The maximum Gasteiger partial charge on any atom is 0.175 e. The topological polar surface area (TPSA) is 64.0 Å². The van der Waals surface area contributed by atoms with Crippen LogP contribution in [-0.2, 0) is 16.4 Å². The van der Waals surface area contributed by atoms with E-state index in [1.807, 2.05) is 24.3 Å². The second kappa shape index (κ2) is 5.63. The van der Waals surface area contributed by atoms with Crippen molar-refractivity contribution in [2.45, 2.75) is 24.3 Å². The van der Waals surface area contributed by atoms with Gasteiger partial charge in [-0.05, 0) is 49.1 Å². The molecule has 0 aliphatic heterocycles. The Labute approximate surface area is 141 Å². The Morgan fingerprint density at radius 1 is 1.17 bits per heavy atom. The Morgan fingerprint density at radius 3 is 2.71 bits per heavy atom. The van der Waals surface area contributed by atoms with Crippen molar-refractivity contribution in [3.8, 4) is 0 Å². The zero-order valence-electron chi connectivity index (χ0n) is 13.4. The van der Waals surface area contributed by atoms with Gasteiger partial charge in [-0.1, -0.05) is 18.2 Å². The Kier molecular flexibility index (Phi) is 3.57. The molecule has 6 heteroatoms. The van der Waals surface area contributed by atoms with Gasteiger partial charge >= 0.3 is 0 Å². The van der Waals surface area contributed by atoms with Gasteiger partial charge in [-0.3, -0.25) is 4.68 Å². The van der Waals surface area contributed by atoms with Crippen molar-refractivity contribution in [3.05, 3.63) is 48.5 Å². The normalized spacial score (nSPS) is 14.9. The van der Waals surface area contributed by atoms with Crippen molar-refractivity contribution in [3.63, 3.8) is 0 Å². The highest BCUT2D eigenvalue weighted by atomic mass is 32.2. The summed E-state index contributed by atoms with van der Waals surface area (Å²) in [4.78, 5) is 0.300. The first-order valence-corrected chi connectivity index (χ1v) is 9.92. The molecule has 1 N–H and O–H groups in total. The summed E-state index contributed by atoms with van der Waals surface area (Å²) in [6.45, 7) is 0.936. The highest BCUT2D eigenvalue weighted by molar-refractivity contribution is 7.90. The van der Waals surface area contributed by atoms with Gasteiger partial charge in [0.25, 0.3) is 0 Å². The van der Waals surface area contributed by atoms with Crippen LogP contribution in [0.25, 0.3) is 10.9 Å². The van der Waals surface area contributed by atoms with Gasteiger partial charge < -0.3 is 5.32 Å². The summed E-state index contributed by atoms with van der Waals surface area (Å²) >= 11 is 0. The van der Waals surface area contributed by atoms with Gasteiger partial charge in [-0.2, -0.15) is 5.10 Å². The zero-order valence-corrected chi connectivity index (χ0v) is 14.3. The largest absolute Gasteiger partial charge is 0.338 e. The number of nitrogens with one attached hydrogen (secondary N) is 1. The molecule has 3 aromatic rings. The number of hydrogen-bond acceptors (Lipinski definition) is 4. The lowest BCUT2D eigenvalue weighted by Crippen LogP contribution is -2.02. The molecular formula is C18H19N3O2S. The maximum absolute atomic E-state index is 11.7. The molecule has 0 spiro atoms. The first-order valence-electron chi connectivity index (χ1n) is 8.03. The molecule has 24 heavy (non-hydrogen) atoms. The minimum atomic E-state index is -3.23. The summed E-state index contributed by atoms with van der Waals surface area (Å²) in [7, 11) is -3.23. The van der Waals surface area contributed by atoms with Gasteiger partial charge in [-0.15, -0.1) is 0 Å². The molecule has 1 aliphatic carbocycles. The van der Waals surface area contributed by atoms with Crippen LogP contribution in [0.3, 0.4) is 0 Å². The molecule has 1 saturated carbocycles. The van der Waals surface area contributed by atoms with Crippen molar-refractivity contribution >= 4 is 32.2 Å². The number of fused-ring (bicyclic) bond motifs is 1. The average Bonchev–Trinajstić information content (AvgIpc) is 3.31. The van der Waals surface area contributed by atoms with Crippen molar-refractivity contribution in [1.29, 1.82) is 0 Å². The minimum Gasteiger partial charge on any atom is -0.338 e. The number of anilines is 2. The zero-order chi connectivity index (χ0) is 16.7. The molecule has 0 atom stereocenters. The summed E-state index contributed by atoms with van der Waals surface area (Å²) in [5.74, 6) is 1.49. The summed E-state index contributed by atoms with van der Waals surface area (Å²) < 4.78 is 25.5. The van der Waals surface area contributed by atoms with E-state index in [0.29, 0.717) is 4.90 Å². The van der Waals surface area contributed by atoms with E-state index in [9.17, 15) is 8.42 Å². The van der Waals surface area contributed by atoms with Gasteiger partial charge in [0.1, 0.15) is 0 Å². The standard InChI is InChI=1S/C18H19N3O2S/c1-24(22,23)15-6-4-5-14(11-15)19-18-16-7-2-3-8-17(16)21(20-18)12-13-9-10-13/h2-8,11,13H,9-10,12H2,1H3,(H,19,20). The van der Waals surface area contributed by atoms with Crippen molar-refractivity contribution in [1.82, 2.24) is 9.78 Å². The quantitative estimate of drug-likeness (QED) is 0.770. The molecule has 0 saturated heterocycles. The van der Waals surface area contributed by atoms with E-state index in [4.69, 9.17) is 5.10 Å². The molecule has 5 nitrogen and oxygen atoms in total. The van der Waals surface area contributed by atoms with Gasteiger partial charge in [0.05, 0.1) is 10.4 Å². The van der Waals surface area contributed by atoms with Crippen LogP contribution in [0.2, 0.25) is 0 Å². The predicted octanol–water partition coefficient (Wildman–Crippen LogP) is 3.59. The second-order valence-electron chi connectivity index (χ2n) is 6.42. The smallest absolute Gasteiger partial charge is 0.175 e. The monoisotopic (exact) mass is 341 g/mol. The third kappa shape index (κ3) is 3.01. The first kappa shape index (κ1) is 15.2. The number of benzene rings is 2. The number of nitrogens with zero attached hydrogens (tertiary/aromatic N) is 2. The van der Waals surface area contributed by atoms with Crippen LogP contribution >= 0.6 is 0 Å². The van der Waals surface area contributed by atoms with Crippen LogP contribution < -0.4 is 5.32 Å². The first-order chi connectivity index (χ1) is 11.5. The van der Waals surface area contributed by atoms with E-state index in [1.54, 1.807) is 18.2 Å². The minimum absolute atomic E-state index is 0.300. The van der Waals surface area contributed by atoms with Crippen LogP contribution in [0.5, 0.6) is 0 Å². The number of para-hydroxylation sites is 1. The van der Waals surface area contributed by atoms with E-state index >= 15 is 0 Å². The van der Waals surface area contributed by atoms with Crippen LogP contribution in [0.1, 0.15) is 12.8 Å². The molecule has 0 bridgehead atoms.